The maximum atomic E-state index is 12.7. The van der Waals surface area contributed by atoms with Gasteiger partial charge in [0.05, 0.1) is 24.0 Å². The maximum absolute atomic E-state index is 12.7. The van der Waals surface area contributed by atoms with E-state index >= 15 is 0 Å². The molecule has 1 saturated heterocycles. The van der Waals surface area contributed by atoms with Gasteiger partial charge in [-0.05, 0) is 56.4 Å². The fourth-order valence-electron chi connectivity index (χ4n) is 4.46. The van der Waals surface area contributed by atoms with Gasteiger partial charge >= 0.3 is 0 Å². The van der Waals surface area contributed by atoms with Crippen LogP contribution in [0.1, 0.15) is 66.8 Å². The highest BCUT2D eigenvalue weighted by molar-refractivity contribution is 7.99. The van der Waals surface area contributed by atoms with Crippen LogP contribution in [0, 0.1) is 17.2 Å². The van der Waals surface area contributed by atoms with Crippen molar-refractivity contribution in [3.63, 3.8) is 0 Å². The van der Waals surface area contributed by atoms with Gasteiger partial charge < -0.3 is 14.6 Å². The first-order chi connectivity index (χ1) is 15.1. The standard InChI is InChI=1S/C22H27N5O2S2/c1-13-4-7-16-17(10-23)21(31-18(16)9-13)24-19(28)12-30-22-26-25-20(14-5-6-14)27(22)11-15-3-2-8-29-15/h13-15H,2-9,11-12H2,1H3,(H,24,28). The van der Waals surface area contributed by atoms with E-state index in [0.717, 1.165) is 74.6 Å². The Labute approximate surface area is 190 Å². The predicted molar refractivity (Wildman–Crippen MR) is 121 cm³/mol. The Balaban J connectivity index is 1.26. The van der Waals surface area contributed by atoms with Crippen LogP contribution in [0.2, 0.25) is 0 Å². The number of thiophene rings is 1. The average Bonchev–Trinajstić information content (AvgIpc) is 3.17. The number of nitriles is 1. The van der Waals surface area contributed by atoms with Crippen LogP contribution in [-0.4, -0.2) is 39.1 Å². The Morgan fingerprint density at radius 2 is 2.23 bits per heavy atom. The predicted octanol–water partition coefficient (Wildman–Crippen LogP) is 4.12. The van der Waals surface area contributed by atoms with Crippen LogP contribution in [0.15, 0.2) is 5.16 Å². The Morgan fingerprint density at radius 3 is 2.97 bits per heavy atom. The van der Waals surface area contributed by atoms with Gasteiger partial charge in [-0.2, -0.15) is 5.26 Å². The number of aromatic nitrogens is 3. The van der Waals surface area contributed by atoms with Crippen molar-refractivity contribution in [2.24, 2.45) is 5.92 Å². The fourth-order valence-corrected chi connectivity index (χ4v) is 6.60. The molecule has 0 radical (unpaired) electrons. The third kappa shape index (κ3) is 4.52. The molecule has 1 N–H and O–H groups in total. The second-order valence-corrected chi connectivity index (χ2v) is 10.9. The minimum atomic E-state index is -0.104. The van der Waals surface area contributed by atoms with E-state index in [0.29, 0.717) is 22.4 Å². The van der Waals surface area contributed by atoms with Gasteiger partial charge in [0.25, 0.3) is 0 Å². The molecule has 2 atom stereocenters. The van der Waals surface area contributed by atoms with Gasteiger partial charge in [-0.25, -0.2) is 0 Å². The smallest absolute Gasteiger partial charge is 0.235 e. The Kier molecular flexibility index (Phi) is 6.04. The van der Waals surface area contributed by atoms with Crippen molar-refractivity contribution in [1.29, 1.82) is 5.26 Å². The highest BCUT2D eigenvalue weighted by Gasteiger charge is 2.32. The number of nitrogens with one attached hydrogen (secondary N) is 1. The van der Waals surface area contributed by atoms with Gasteiger partial charge in [0.1, 0.15) is 16.9 Å². The summed E-state index contributed by atoms with van der Waals surface area (Å²) in [6, 6.07) is 2.32. The molecule has 0 spiro atoms. The van der Waals surface area contributed by atoms with E-state index in [1.165, 1.54) is 16.6 Å². The molecule has 1 saturated carbocycles. The second kappa shape index (κ2) is 8.93. The van der Waals surface area contributed by atoms with E-state index in [-0.39, 0.29) is 17.8 Å². The number of hydrogen-bond donors (Lipinski definition) is 1. The lowest BCUT2D eigenvalue weighted by molar-refractivity contribution is -0.113. The summed E-state index contributed by atoms with van der Waals surface area (Å²) in [6.07, 6.45) is 7.71. The minimum Gasteiger partial charge on any atom is -0.376 e. The van der Waals surface area contributed by atoms with Crippen LogP contribution in [0.25, 0.3) is 0 Å². The number of amides is 1. The van der Waals surface area contributed by atoms with E-state index in [4.69, 9.17) is 4.74 Å². The highest BCUT2D eigenvalue weighted by Crippen LogP contribution is 2.41. The lowest BCUT2D eigenvalue weighted by Crippen LogP contribution is -2.19. The molecule has 7 nitrogen and oxygen atoms in total. The Morgan fingerprint density at radius 1 is 1.35 bits per heavy atom. The van der Waals surface area contributed by atoms with Gasteiger partial charge in [0, 0.05) is 17.4 Å². The number of nitrogens with zero attached hydrogens (tertiary/aromatic N) is 4. The fraction of sp³-hybridized carbons (Fsp3) is 0.636. The van der Waals surface area contributed by atoms with Gasteiger partial charge in [-0.15, -0.1) is 21.5 Å². The molecule has 2 aromatic heterocycles. The third-order valence-corrected chi connectivity index (χ3v) is 8.44. The summed E-state index contributed by atoms with van der Waals surface area (Å²) in [5.41, 5.74) is 1.79. The van der Waals surface area contributed by atoms with Gasteiger partial charge in [-0.1, -0.05) is 18.7 Å². The molecule has 31 heavy (non-hydrogen) atoms. The van der Waals surface area contributed by atoms with Crippen molar-refractivity contribution >= 4 is 34.0 Å². The van der Waals surface area contributed by atoms with E-state index in [1.807, 2.05) is 0 Å². The zero-order valence-corrected chi connectivity index (χ0v) is 19.4. The quantitative estimate of drug-likeness (QED) is 0.629. The number of rotatable bonds is 7. The van der Waals surface area contributed by atoms with Crippen molar-refractivity contribution in [2.75, 3.05) is 17.7 Å². The molecule has 0 aromatic carbocycles. The van der Waals surface area contributed by atoms with Crippen LogP contribution in [0.4, 0.5) is 5.00 Å². The zero-order chi connectivity index (χ0) is 21.4. The molecule has 5 rings (SSSR count). The van der Waals surface area contributed by atoms with Crippen molar-refractivity contribution in [2.45, 2.75) is 75.6 Å². The summed E-state index contributed by atoms with van der Waals surface area (Å²) in [6.45, 7) is 3.82. The maximum Gasteiger partial charge on any atom is 0.235 e. The molecule has 164 valence electrons. The minimum absolute atomic E-state index is 0.104. The van der Waals surface area contributed by atoms with Crippen LogP contribution >= 0.6 is 23.1 Å². The molecule has 3 aliphatic rings. The summed E-state index contributed by atoms with van der Waals surface area (Å²) in [5.74, 6) is 2.30. The summed E-state index contributed by atoms with van der Waals surface area (Å²) >= 11 is 2.98. The van der Waals surface area contributed by atoms with Crippen molar-refractivity contribution in [3.8, 4) is 6.07 Å². The number of anilines is 1. The summed E-state index contributed by atoms with van der Waals surface area (Å²) in [7, 11) is 0. The Hall–Kier alpha value is -1.89. The van der Waals surface area contributed by atoms with Crippen LogP contribution in [-0.2, 0) is 28.9 Å². The first kappa shape index (κ1) is 21.0. The lowest BCUT2D eigenvalue weighted by Gasteiger charge is -2.17. The lowest BCUT2D eigenvalue weighted by atomic mass is 9.89. The van der Waals surface area contributed by atoms with Crippen LogP contribution in [0.3, 0.4) is 0 Å². The van der Waals surface area contributed by atoms with Crippen molar-refractivity contribution < 1.29 is 9.53 Å². The topological polar surface area (TPSA) is 92.8 Å². The molecule has 3 heterocycles. The van der Waals surface area contributed by atoms with Crippen LogP contribution < -0.4 is 5.32 Å². The van der Waals surface area contributed by atoms with Gasteiger partial charge in [-0.3, -0.25) is 4.79 Å². The molecule has 1 amide bonds. The zero-order valence-electron chi connectivity index (χ0n) is 17.7. The summed E-state index contributed by atoms with van der Waals surface area (Å²) in [5, 5.41) is 22.9. The first-order valence-corrected chi connectivity index (χ1v) is 12.9. The monoisotopic (exact) mass is 457 g/mol. The SMILES string of the molecule is CC1CCc2c(sc(NC(=O)CSc3nnc(C4CC4)n3CC3CCCO3)c2C#N)C1. The number of hydrogen-bond acceptors (Lipinski definition) is 7. The summed E-state index contributed by atoms with van der Waals surface area (Å²) < 4.78 is 7.98. The number of carbonyl (C=O) groups is 1. The number of thioether (sulfide) groups is 1. The van der Waals surface area contributed by atoms with E-state index in [2.05, 4.69) is 33.1 Å². The molecule has 2 fully saturated rings. The molecule has 2 unspecified atom stereocenters. The van der Waals surface area contributed by atoms with Crippen LogP contribution in [0.5, 0.6) is 0 Å². The van der Waals surface area contributed by atoms with Crippen molar-refractivity contribution in [3.05, 3.63) is 21.8 Å². The molecule has 2 aliphatic carbocycles. The molecular formula is C22H27N5O2S2. The number of carbonyl (C=O) groups excluding carboxylic acids is 1. The molecule has 2 aromatic rings. The Bertz CT molecular complexity index is 1010. The normalized spacial score (nSPS) is 22.8. The van der Waals surface area contributed by atoms with E-state index < -0.39 is 0 Å². The number of fused-ring (bicyclic) bond motifs is 1. The summed E-state index contributed by atoms with van der Waals surface area (Å²) in [4.78, 5) is 14.0. The van der Waals surface area contributed by atoms with E-state index in [9.17, 15) is 10.1 Å². The van der Waals surface area contributed by atoms with Gasteiger partial charge in [0.2, 0.25) is 5.91 Å². The average molecular weight is 458 g/mol. The van der Waals surface area contributed by atoms with Gasteiger partial charge in [0.15, 0.2) is 5.16 Å². The first-order valence-electron chi connectivity index (χ1n) is 11.1. The van der Waals surface area contributed by atoms with Crippen molar-refractivity contribution in [1.82, 2.24) is 14.8 Å². The molecule has 9 heteroatoms. The number of ether oxygens (including phenoxy) is 1. The highest BCUT2D eigenvalue weighted by atomic mass is 32.2. The third-order valence-electron chi connectivity index (χ3n) is 6.31. The van der Waals surface area contributed by atoms with E-state index in [1.54, 1.807) is 11.3 Å². The molecule has 0 bridgehead atoms. The largest absolute Gasteiger partial charge is 0.376 e. The second-order valence-electron chi connectivity index (χ2n) is 8.87. The molecule has 1 aliphatic heterocycles. The molecular weight excluding hydrogens is 430 g/mol.